The number of rotatable bonds is 6. The molecule has 0 fully saturated rings. The SMILES string of the molecule is CN(C)c1nc(N)nc(CN(CCO)CC(F)(F)F)n1. The number of aliphatic hydroxyl groups is 1. The minimum atomic E-state index is -4.36. The van der Waals surface area contributed by atoms with Crippen molar-refractivity contribution >= 4 is 11.9 Å². The highest BCUT2D eigenvalue weighted by Crippen LogP contribution is 2.17. The van der Waals surface area contributed by atoms with Gasteiger partial charge in [0.25, 0.3) is 0 Å². The molecule has 0 aliphatic rings. The van der Waals surface area contributed by atoms with Crippen molar-refractivity contribution in [2.24, 2.45) is 0 Å². The average molecular weight is 294 g/mol. The van der Waals surface area contributed by atoms with Crippen molar-refractivity contribution in [3.05, 3.63) is 5.82 Å². The lowest BCUT2D eigenvalue weighted by atomic mass is 10.4. The molecule has 0 atom stereocenters. The van der Waals surface area contributed by atoms with Crippen LogP contribution in [0.1, 0.15) is 5.82 Å². The number of hydrogen-bond acceptors (Lipinski definition) is 7. The molecule has 0 amide bonds. The van der Waals surface area contributed by atoms with E-state index in [1.54, 1.807) is 19.0 Å². The van der Waals surface area contributed by atoms with E-state index >= 15 is 0 Å². The van der Waals surface area contributed by atoms with Crippen LogP contribution < -0.4 is 10.6 Å². The Morgan fingerprint density at radius 3 is 2.35 bits per heavy atom. The lowest BCUT2D eigenvalue weighted by Gasteiger charge is -2.22. The summed E-state index contributed by atoms with van der Waals surface area (Å²) in [7, 11) is 3.36. The largest absolute Gasteiger partial charge is 0.401 e. The van der Waals surface area contributed by atoms with Gasteiger partial charge >= 0.3 is 6.18 Å². The van der Waals surface area contributed by atoms with Gasteiger partial charge in [-0.3, -0.25) is 4.90 Å². The van der Waals surface area contributed by atoms with Crippen molar-refractivity contribution in [1.29, 1.82) is 0 Å². The summed E-state index contributed by atoms with van der Waals surface area (Å²) in [5, 5.41) is 8.81. The number of nitrogens with zero attached hydrogens (tertiary/aromatic N) is 5. The van der Waals surface area contributed by atoms with E-state index in [0.29, 0.717) is 0 Å². The quantitative estimate of drug-likeness (QED) is 0.755. The fourth-order valence-electron chi connectivity index (χ4n) is 1.50. The van der Waals surface area contributed by atoms with Crippen molar-refractivity contribution in [2.45, 2.75) is 12.7 Å². The van der Waals surface area contributed by atoms with Gasteiger partial charge in [-0.05, 0) is 0 Å². The van der Waals surface area contributed by atoms with Crippen LogP contribution in [0, 0.1) is 0 Å². The topological polar surface area (TPSA) is 91.4 Å². The van der Waals surface area contributed by atoms with E-state index < -0.39 is 19.3 Å². The molecule has 114 valence electrons. The fourth-order valence-corrected chi connectivity index (χ4v) is 1.50. The molecule has 1 aromatic rings. The molecule has 0 aliphatic carbocycles. The first-order valence-corrected chi connectivity index (χ1v) is 5.79. The van der Waals surface area contributed by atoms with Gasteiger partial charge in [0.05, 0.1) is 19.7 Å². The maximum Gasteiger partial charge on any atom is 0.401 e. The van der Waals surface area contributed by atoms with Crippen LogP contribution in [0.25, 0.3) is 0 Å². The summed E-state index contributed by atoms with van der Waals surface area (Å²) in [5.74, 6) is 0.331. The Labute approximate surface area is 114 Å². The Morgan fingerprint density at radius 2 is 1.85 bits per heavy atom. The molecular weight excluding hydrogens is 277 g/mol. The summed E-state index contributed by atoms with van der Waals surface area (Å²) in [6.07, 6.45) is -4.36. The molecule has 0 saturated carbocycles. The molecule has 0 spiro atoms. The number of halogens is 3. The predicted octanol–water partition coefficient (Wildman–Crippen LogP) is -0.124. The van der Waals surface area contributed by atoms with Crippen molar-refractivity contribution < 1.29 is 18.3 Å². The molecule has 10 heteroatoms. The zero-order chi connectivity index (χ0) is 15.3. The molecule has 0 bridgehead atoms. The minimum absolute atomic E-state index is 0.0605. The van der Waals surface area contributed by atoms with Crippen LogP contribution >= 0.6 is 0 Å². The minimum Gasteiger partial charge on any atom is -0.395 e. The zero-order valence-corrected chi connectivity index (χ0v) is 11.2. The summed E-state index contributed by atoms with van der Waals surface area (Å²) >= 11 is 0. The van der Waals surface area contributed by atoms with Crippen LogP contribution in [-0.4, -0.2) is 64.9 Å². The van der Waals surface area contributed by atoms with Crippen LogP contribution in [0.3, 0.4) is 0 Å². The Balaban J connectivity index is 2.87. The molecule has 1 rings (SSSR count). The van der Waals surface area contributed by atoms with Gasteiger partial charge in [0.15, 0.2) is 0 Å². The highest BCUT2D eigenvalue weighted by atomic mass is 19.4. The number of anilines is 2. The van der Waals surface area contributed by atoms with Crippen LogP contribution in [0.4, 0.5) is 25.1 Å². The van der Waals surface area contributed by atoms with Gasteiger partial charge in [-0.15, -0.1) is 0 Å². The first-order chi connectivity index (χ1) is 9.21. The molecule has 3 N–H and O–H groups in total. The molecule has 1 aromatic heterocycles. The van der Waals surface area contributed by atoms with E-state index in [2.05, 4.69) is 15.0 Å². The molecular formula is C10H17F3N6O. The molecule has 0 aliphatic heterocycles. The zero-order valence-electron chi connectivity index (χ0n) is 11.2. The van der Waals surface area contributed by atoms with Crippen LogP contribution in [0.5, 0.6) is 0 Å². The molecule has 1 heterocycles. The molecule has 0 saturated heterocycles. The first-order valence-electron chi connectivity index (χ1n) is 5.79. The molecule has 0 radical (unpaired) electrons. The normalized spacial score (nSPS) is 11.9. The highest BCUT2D eigenvalue weighted by molar-refractivity contribution is 5.32. The van der Waals surface area contributed by atoms with Gasteiger partial charge in [0.1, 0.15) is 5.82 Å². The summed E-state index contributed by atoms with van der Waals surface area (Å²) in [4.78, 5) is 14.2. The smallest absolute Gasteiger partial charge is 0.395 e. The first kappa shape index (κ1) is 16.4. The van der Waals surface area contributed by atoms with Crippen LogP contribution in [0.15, 0.2) is 0 Å². The lowest BCUT2D eigenvalue weighted by Crippen LogP contribution is -2.36. The number of aromatic nitrogens is 3. The predicted molar refractivity (Wildman–Crippen MR) is 67.0 cm³/mol. The highest BCUT2D eigenvalue weighted by Gasteiger charge is 2.30. The summed E-state index contributed by atoms with van der Waals surface area (Å²) < 4.78 is 37.2. The van der Waals surface area contributed by atoms with Crippen molar-refractivity contribution in [3.8, 4) is 0 Å². The van der Waals surface area contributed by atoms with Gasteiger partial charge < -0.3 is 15.7 Å². The van der Waals surface area contributed by atoms with E-state index in [4.69, 9.17) is 10.8 Å². The van der Waals surface area contributed by atoms with Gasteiger partial charge in [-0.2, -0.15) is 28.1 Å². The van der Waals surface area contributed by atoms with Crippen LogP contribution in [-0.2, 0) is 6.54 Å². The number of hydrogen-bond donors (Lipinski definition) is 2. The Hall–Kier alpha value is -1.68. The maximum atomic E-state index is 12.4. The van der Waals surface area contributed by atoms with Gasteiger partial charge in [-0.25, -0.2) is 0 Å². The van der Waals surface area contributed by atoms with Gasteiger partial charge in [-0.1, -0.05) is 0 Å². The van der Waals surface area contributed by atoms with E-state index in [9.17, 15) is 13.2 Å². The van der Waals surface area contributed by atoms with E-state index in [1.165, 1.54) is 0 Å². The molecule has 7 nitrogen and oxygen atoms in total. The van der Waals surface area contributed by atoms with Crippen molar-refractivity contribution in [2.75, 3.05) is 44.4 Å². The van der Waals surface area contributed by atoms with Crippen molar-refractivity contribution in [1.82, 2.24) is 19.9 Å². The lowest BCUT2D eigenvalue weighted by molar-refractivity contribution is -0.148. The Kier molecular flexibility index (Phi) is 5.45. The monoisotopic (exact) mass is 294 g/mol. The number of aliphatic hydroxyl groups excluding tert-OH is 1. The third-order valence-electron chi connectivity index (χ3n) is 2.27. The number of nitrogen functional groups attached to an aromatic ring is 1. The Bertz CT molecular complexity index is 439. The molecule has 20 heavy (non-hydrogen) atoms. The standard InChI is InChI=1S/C10H17F3N6O/c1-18(2)9-16-7(15-8(14)17-9)5-19(3-4-20)6-10(11,12)13/h20H,3-6H2,1-2H3,(H2,14,15,16,17). The summed E-state index contributed by atoms with van der Waals surface area (Å²) in [6, 6.07) is 0. The van der Waals surface area contributed by atoms with E-state index in [-0.39, 0.29) is 30.8 Å². The number of nitrogens with two attached hydrogens (primary N) is 1. The van der Waals surface area contributed by atoms with E-state index in [1.807, 2.05) is 0 Å². The van der Waals surface area contributed by atoms with Crippen LogP contribution in [0.2, 0.25) is 0 Å². The molecule has 0 unspecified atom stereocenters. The number of alkyl halides is 3. The summed E-state index contributed by atoms with van der Waals surface area (Å²) in [6.45, 7) is -1.86. The Morgan fingerprint density at radius 1 is 1.20 bits per heavy atom. The van der Waals surface area contributed by atoms with Gasteiger partial charge in [0, 0.05) is 20.6 Å². The van der Waals surface area contributed by atoms with Gasteiger partial charge in [0.2, 0.25) is 11.9 Å². The third-order valence-corrected chi connectivity index (χ3v) is 2.27. The maximum absolute atomic E-state index is 12.4. The second-order valence-electron chi connectivity index (χ2n) is 4.35. The average Bonchev–Trinajstić information content (AvgIpc) is 2.25. The second-order valence-corrected chi connectivity index (χ2v) is 4.35. The fraction of sp³-hybridized carbons (Fsp3) is 0.700. The summed E-state index contributed by atoms with van der Waals surface area (Å²) in [5.41, 5.74) is 5.50. The van der Waals surface area contributed by atoms with E-state index in [0.717, 1.165) is 4.90 Å². The molecule has 0 aromatic carbocycles. The van der Waals surface area contributed by atoms with Crippen molar-refractivity contribution in [3.63, 3.8) is 0 Å². The second kappa shape index (κ2) is 6.66. The third kappa shape index (κ3) is 5.53.